The predicted octanol–water partition coefficient (Wildman–Crippen LogP) is 1.46. The Morgan fingerprint density at radius 3 is 2.50 bits per heavy atom. The quantitative estimate of drug-likeness (QED) is 0.671. The molecule has 0 aliphatic heterocycles. The molecule has 0 saturated carbocycles. The number of anilines is 1. The van der Waals surface area contributed by atoms with Crippen LogP contribution in [0.2, 0.25) is 0 Å². The molecule has 1 aromatic carbocycles. The summed E-state index contributed by atoms with van der Waals surface area (Å²) in [6.45, 7) is 0. The van der Waals surface area contributed by atoms with Crippen LogP contribution in [0, 0.1) is 0 Å². The van der Waals surface area contributed by atoms with Gasteiger partial charge in [0.2, 0.25) is 5.91 Å². The van der Waals surface area contributed by atoms with E-state index in [1.54, 1.807) is 24.3 Å². The minimum Gasteiger partial charge on any atom is -0.481 e. The van der Waals surface area contributed by atoms with Crippen molar-refractivity contribution in [3.63, 3.8) is 0 Å². The van der Waals surface area contributed by atoms with Crippen molar-refractivity contribution in [1.82, 2.24) is 0 Å². The molecular weight excluding hydrogens is 282 g/mol. The fourth-order valence-corrected chi connectivity index (χ4v) is 2.02. The Morgan fingerprint density at radius 1 is 1.10 bits per heavy atom. The van der Waals surface area contributed by atoms with Gasteiger partial charge in [0.25, 0.3) is 0 Å². The monoisotopic (exact) mass is 297 g/mol. The lowest BCUT2D eigenvalue weighted by molar-refractivity contribution is -0.137. The van der Waals surface area contributed by atoms with Crippen molar-refractivity contribution in [2.75, 3.05) is 16.8 Å². The van der Waals surface area contributed by atoms with E-state index < -0.39 is 11.9 Å². The van der Waals surface area contributed by atoms with Crippen LogP contribution in [0.25, 0.3) is 0 Å². The van der Waals surface area contributed by atoms with E-state index in [1.165, 1.54) is 0 Å². The molecule has 1 aromatic rings. The first-order chi connectivity index (χ1) is 9.47. The summed E-state index contributed by atoms with van der Waals surface area (Å²) in [6.07, 6.45) is 0.429. The van der Waals surface area contributed by atoms with Crippen LogP contribution in [0.1, 0.15) is 12.0 Å². The first kappa shape index (κ1) is 16.0. The average Bonchev–Trinajstić information content (AvgIpc) is 2.36. The molecule has 0 heterocycles. The molecule has 0 radical (unpaired) electrons. The van der Waals surface area contributed by atoms with E-state index in [-0.39, 0.29) is 23.8 Å². The second-order valence-electron chi connectivity index (χ2n) is 4.03. The van der Waals surface area contributed by atoms with Crippen molar-refractivity contribution in [2.45, 2.75) is 12.8 Å². The number of thioether (sulfide) groups is 1. The molecule has 0 atom stereocenters. The lowest BCUT2D eigenvalue weighted by Crippen LogP contribution is -2.15. The molecule has 0 aromatic heterocycles. The molecule has 20 heavy (non-hydrogen) atoms. The molecule has 108 valence electrons. The van der Waals surface area contributed by atoms with E-state index in [2.05, 4.69) is 5.32 Å². The van der Waals surface area contributed by atoms with Crippen LogP contribution < -0.4 is 5.32 Å². The number of carboxylic acids is 2. The number of carbonyl (C=O) groups is 3. The normalized spacial score (nSPS) is 10.0. The molecule has 7 heteroatoms. The van der Waals surface area contributed by atoms with Crippen LogP contribution in [0.3, 0.4) is 0 Å². The summed E-state index contributed by atoms with van der Waals surface area (Å²) in [7, 11) is 0. The minimum absolute atomic E-state index is 0.0336. The zero-order valence-electron chi connectivity index (χ0n) is 10.7. The number of hydrogen-bond donors (Lipinski definition) is 3. The Hall–Kier alpha value is -2.02. The highest BCUT2D eigenvalue weighted by molar-refractivity contribution is 8.00. The number of aliphatic carboxylic acids is 2. The maximum Gasteiger partial charge on any atom is 0.313 e. The van der Waals surface area contributed by atoms with Crippen LogP contribution in [-0.2, 0) is 20.8 Å². The Bertz CT molecular complexity index is 503. The summed E-state index contributed by atoms with van der Waals surface area (Å²) in [6, 6.07) is 6.93. The Kier molecular flexibility index (Phi) is 6.58. The molecule has 0 unspecified atom stereocenters. The summed E-state index contributed by atoms with van der Waals surface area (Å²) >= 11 is 1.02. The van der Waals surface area contributed by atoms with Gasteiger partial charge in [-0.3, -0.25) is 14.4 Å². The number of amides is 1. The molecule has 0 spiro atoms. The van der Waals surface area contributed by atoms with Crippen molar-refractivity contribution in [2.24, 2.45) is 0 Å². The molecule has 0 saturated heterocycles. The Morgan fingerprint density at radius 2 is 1.85 bits per heavy atom. The maximum atomic E-state index is 11.6. The summed E-state index contributed by atoms with van der Waals surface area (Å²) in [5, 5.41) is 19.7. The van der Waals surface area contributed by atoms with Gasteiger partial charge >= 0.3 is 11.9 Å². The van der Waals surface area contributed by atoms with Crippen molar-refractivity contribution >= 4 is 35.3 Å². The van der Waals surface area contributed by atoms with E-state index in [0.717, 1.165) is 17.3 Å². The van der Waals surface area contributed by atoms with Crippen molar-refractivity contribution in [3.8, 4) is 0 Å². The summed E-state index contributed by atoms with van der Waals surface area (Å²) in [4.78, 5) is 32.4. The number of carbonyl (C=O) groups excluding carboxylic acids is 1. The molecule has 3 N–H and O–H groups in total. The van der Waals surface area contributed by atoms with Gasteiger partial charge in [0.05, 0.1) is 11.5 Å². The molecule has 0 fully saturated rings. The molecule has 0 aliphatic rings. The van der Waals surface area contributed by atoms with Crippen LogP contribution in [0.4, 0.5) is 5.69 Å². The van der Waals surface area contributed by atoms with Crippen LogP contribution in [0.5, 0.6) is 0 Å². The number of rotatable bonds is 8. The van der Waals surface area contributed by atoms with Gasteiger partial charge in [-0.05, 0) is 24.1 Å². The second-order valence-corrected chi connectivity index (χ2v) is 5.01. The molecule has 1 rings (SSSR count). The van der Waals surface area contributed by atoms with Crippen LogP contribution >= 0.6 is 11.8 Å². The highest BCUT2D eigenvalue weighted by Crippen LogP contribution is 2.13. The van der Waals surface area contributed by atoms with Gasteiger partial charge in [-0.25, -0.2) is 0 Å². The van der Waals surface area contributed by atoms with Crippen molar-refractivity contribution < 1.29 is 24.6 Å². The van der Waals surface area contributed by atoms with Gasteiger partial charge in [0.15, 0.2) is 0 Å². The van der Waals surface area contributed by atoms with Gasteiger partial charge in [-0.2, -0.15) is 0 Å². The first-order valence-corrected chi connectivity index (χ1v) is 7.03. The standard InChI is InChI=1S/C13H15NO5S/c15-11(7-20-8-13(18)19)14-10-3-1-2-9(6-10)4-5-12(16)17/h1-3,6H,4-5,7-8H2,(H,14,15)(H,16,17)(H,18,19). The van der Waals surface area contributed by atoms with Gasteiger partial charge in [-0.15, -0.1) is 11.8 Å². The first-order valence-electron chi connectivity index (χ1n) is 5.87. The molecule has 6 nitrogen and oxygen atoms in total. The summed E-state index contributed by atoms with van der Waals surface area (Å²) in [5.74, 6) is -2.17. The average molecular weight is 297 g/mol. The highest BCUT2D eigenvalue weighted by atomic mass is 32.2. The summed E-state index contributed by atoms with van der Waals surface area (Å²) in [5.41, 5.74) is 1.40. The highest BCUT2D eigenvalue weighted by Gasteiger charge is 2.06. The predicted molar refractivity (Wildman–Crippen MR) is 76.0 cm³/mol. The third-order valence-corrected chi connectivity index (χ3v) is 3.21. The van der Waals surface area contributed by atoms with E-state index in [9.17, 15) is 14.4 Å². The number of nitrogens with one attached hydrogen (secondary N) is 1. The minimum atomic E-state index is -0.960. The summed E-state index contributed by atoms with van der Waals surface area (Å²) < 4.78 is 0. The number of aryl methyl sites for hydroxylation is 1. The second kappa shape index (κ2) is 8.21. The van der Waals surface area contributed by atoms with Gasteiger partial charge < -0.3 is 15.5 Å². The number of hydrogen-bond acceptors (Lipinski definition) is 4. The van der Waals surface area contributed by atoms with E-state index in [4.69, 9.17) is 10.2 Å². The number of benzene rings is 1. The fraction of sp³-hybridized carbons (Fsp3) is 0.308. The van der Waals surface area contributed by atoms with E-state index in [1.807, 2.05) is 0 Å². The lowest BCUT2D eigenvalue weighted by Gasteiger charge is -2.06. The Balaban J connectivity index is 2.46. The van der Waals surface area contributed by atoms with Crippen molar-refractivity contribution in [1.29, 1.82) is 0 Å². The SMILES string of the molecule is O=C(O)CCc1cccc(NC(=O)CSCC(=O)O)c1. The van der Waals surface area contributed by atoms with Gasteiger partial charge in [0.1, 0.15) is 0 Å². The van der Waals surface area contributed by atoms with Crippen LogP contribution in [-0.4, -0.2) is 39.6 Å². The van der Waals surface area contributed by atoms with E-state index >= 15 is 0 Å². The zero-order chi connectivity index (χ0) is 15.0. The third kappa shape index (κ3) is 6.79. The largest absolute Gasteiger partial charge is 0.481 e. The Labute approximate surface area is 120 Å². The van der Waals surface area contributed by atoms with E-state index in [0.29, 0.717) is 12.1 Å². The van der Waals surface area contributed by atoms with Crippen LogP contribution in [0.15, 0.2) is 24.3 Å². The smallest absolute Gasteiger partial charge is 0.313 e. The molecule has 1 amide bonds. The van der Waals surface area contributed by atoms with Gasteiger partial charge in [0, 0.05) is 12.1 Å². The topological polar surface area (TPSA) is 104 Å². The molecule has 0 bridgehead atoms. The maximum absolute atomic E-state index is 11.6. The molecular formula is C13H15NO5S. The fourth-order valence-electron chi connectivity index (χ4n) is 1.48. The lowest BCUT2D eigenvalue weighted by atomic mass is 10.1. The number of carboxylic acid groups (broad SMARTS) is 2. The van der Waals surface area contributed by atoms with Crippen molar-refractivity contribution in [3.05, 3.63) is 29.8 Å². The zero-order valence-corrected chi connectivity index (χ0v) is 11.5. The van der Waals surface area contributed by atoms with Gasteiger partial charge in [-0.1, -0.05) is 12.1 Å². The molecule has 0 aliphatic carbocycles. The third-order valence-electron chi connectivity index (χ3n) is 2.30.